The van der Waals surface area contributed by atoms with E-state index in [0.717, 1.165) is 5.39 Å². The van der Waals surface area contributed by atoms with Crippen LogP contribution in [0, 0.1) is 10.1 Å². The molecular weight excluding hydrogens is 364 g/mol. The summed E-state index contributed by atoms with van der Waals surface area (Å²) in [5, 5.41) is 28.6. The number of rotatable bonds is 5. The van der Waals surface area contributed by atoms with Crippen LogP contribution >= 0.6 is 11.3 Å². The summed E-state index contributed by atoms with van der Waals surface area (Å²) in [5.41, 5.74) is 1.67. The summed E-state index contributed by atoms with van der Waals surface area (Å²) in [4.78, 5) is 19.2. The molecule has 4 rings (SSSR count). The Morgan fingerprint density at radius 3 is 2.78 bits per heavy atom. The maximum absolute atomic E-state index is 11.2. The first-order valence-corrected chi connectivity index (χ1v) is 8.98. The van der Waals surface area contributed by atoms with Gasteiger partial charge >= 0.3 is 0 Å². The van der Waals surface area contributed by atoms with Gasteiger partial charge in [0, 0.05) is 40.9 Å². The van der Waals surface area contributed by atoms with Crippen molar-refractivity contribution in [3.8, 4) is 5.75 Å². The Balaban J connectivity index is 1.87. The number of nitro groups is 1. The summed E-state index contributed by atoms with van der Waals surface area (Å²) >= 11 is 1.41. The molecule has 2 aromatic heterocycles. The van der Waals surface area contributed by atoms with Crippen LogP contribution in [0.25, 0.3) is 10.9 Å². The Hall–Kier alpha value is -3.52. The number of nitrogens with one attached hydrogen (secondary N) is 1. The molecular formula is C19H14N4O3S. The topological polar surface area (TPSA) is 101 Å². The lowest BCUT2D eigenvalue weighted by atomic mass is 9.96. The van der Waals surface area contributed by atoms with E-state index in [2.05, 4.69) is 15.3 Å². The van der Waals surface area contributed by atoms with Crippen LogP contribution in [0.4, 0.5) is 10.8 Å². The highest BCUT2D eigenvalue weighted by atomic mass is 32.1. The van der Waals surface area contributed by atoms with Gasteiger partial charge in [-0.15, -0.1) is 11.3 Å². The van der Waals surface area contributed by atoms with Crippen molar-refractivity contribution in [3.63, 3.8) is 0 Å². The van der Waals surface area contributed by atoms with Gasteiger partial charge in [0.25, 0.3) is 5.69 Å². The normalized spacial score (nSPS) is 12.0. The Morgan fingerprint density at radius 2 is 2.00 bits per heavy atom. The molecule has 0 radical (unpaired) electrons. The number of phenolic OH excluding ortho intramolecular Hbond substituents is 1. The minimum absolute atomic E-state index is 0.0168. The summed E-state index contributed by atoms with van der Waals surface area (Å²) in [6, 6.07) is 13.1. The molecule has 134 valence electrons. The predicted octanol–water partition coefficient (Wildman–Crippen LogP) is 4.51. The minimum atomic E-state index is -0.526. The molecule has 2 aromatic carbocycles. The van der Waals surface area contributed by atoms with Gasteiger partial charge in [-0.05, 0) is 11.6 Å². The number of pyridine rings is 1. The van der Waals surface area contributed by atoms with Crippen LogP contribution in [0.15, 0.2) is 66.3 Å². The van der Waals surface area contributed by atoms with Crippen molar-refractivity contribution in [3.05, 3.63) is 87.5 Å². The largest absolute Gasteiger partial charge is 0.505 e. The zero-order valence-corrected chi connectivity index (χ0v) is 14.8. The van der Waals surface area contributed by atoms with Crippen LogP contribution in [-0.4, -0.2) is 20.0 Å². The van der Waals surface area contributed by atoms with E-state index < -0.39 is 11.0 Å². The lowest BCUT2D eigenvalue weighted by Crippen LogP contribution is -2.13. The molecule has 0 saturated carbocycles. The van der Waals surface area contributed by atoms with Gasteiger partial charge in [0.15, 0.2) is 5.13 Å². The van der Waals surface area contributed by atoms with E-state index in [-0.39, 0.29) is 11.4 Å². The highest BCUT2D eigenvalue weighted by Crippen LogP contribution is 2.37. The third kappa shape index (κ3) is 3.30. The van der Waals surface area contributed by atoms with Crippen LogP contribution < -0.4 is 5.32 Å². The fraction of sp³-hybridized carbons (Fsp3) is 0.0526. The van der Waals surface area contributed by atoms with Crippen molar-refractivity contribution in [2.75, 3.05) is 5.32 Å². The number of non-ortho nitro benzene ring substituents is 1. The number of hydrogen-bond donors (Lipinski definition) is 2. The number of hydrogen-bond acceptors (Lipinski definition) is 7. The van der Waals surface area contributed by atoms with E-state index in [0.29, 0.717) is 21.8 Å². The van der Waals surface area contributed by atoms with Crippen LogP contribution in [0.3, 0.4) is 0 Å². The van der Waals surface area contributed by atoms with Gasteiger partial charge in [-0.2, -0.15) is 0 Å². The number of aromatic nitrogens is 2. The van der Waals surface area contributed by atoms with Crippen molar-refractivity contribution in [2.45, 2.75) is 6.04 Å². The molecule has 0 unspecified atom stereocenters. The lowest BCUT2D eigenvalue weighted by Gasteiger charge is -2.21. The van der Waals surface area contributed by atoms with E-state index in [1.807, 2.05) is 17.5 Å². The van der Waals surface area contributed by atoms with E-state index >= 15 is 0 Å². The second kappa shape index (κ2) is 7.00. The summed E-state index contributed by atoms with van der Waals surface area (Å²) in [6.45, 7) is 0. The molecule has 0 aliphatic carbocycles. The molecule has 0 fully saturated rings. The SMILES string of the molecule is O=[N+]([O-])c1cccc([C@H](Nc2nccs2)c2ccc3cccnc3c2O)c1. The molecule has 0 saturated heterocycles. The predicted molar refractivity (Wildman–Crippen MR) is 104 cm³/mol. The van der Waals surface area contributed by atoms with Gasteiger partial charge in [0.1, 0.15) is 11.3 Å². The van der Waals surface area contributed by atoms with Gasteiger partial charge < -0.3 is 10.4 Å². The summed E-state index contributed by atoms with van der Waals surface area (Å²) < 4.78 is 0. The molecule has 0 aliphatic heterocycles. The van der Waals surface area contributed by atoms with Gasteiger partial charge in [-0.25, -0.2) is 4.98 Å². The number of fused-ring (bicyclic) bond motifs is 1. The number of phenols is 1. The molecule has 0 spiro atoms. The third-order valence-corrected chi connectivity index (χ3v) is 4.91. The Labute approximate surface area is 158 Å². The number of thiazole rings is 1. The number of nitro benzene ring substituents is 1. The second-order valence-corrected chi connectivity index (χ2v) is 6.74. The second-order valence-electron chi connectivity index (χ2n) is 5.85. The number of aromatic hydroxyl groups is 1. The Bertz CT molecular complexity index is 1120. The first-order chi connectivity index (χ1) is 13.1. The Kier molecular flexibility index (Phi) is 4.39. The van der Waals surface area contributed by atoms with Gasteiger partial charge in [-0.3, -0.25) is 15.1 Å². The van der Waals surface area contributed by atoms with Crippen molar-refractivity contribution in [2.24, 2.45) is 0 Å². The summed E-state index contributed by atoms with van der Waals surface area (Å²) in [7, 11) is 0. The monoisotopic (exact) mass is 378 g/mol. The van der Waals surface area contributed by atoms with Gasteiger partial charge in [0.2, 0.25) is 0 Å². The minimum Gasteiger partial charge on any atom is -0.505 e. The van der Waals surface area contributed by atoms with Gasteiger partial charge in [0.05, 0.1) is 11.0 Å². The molecule has 7 nitrogen and oxygen atoms in total. The molecule has 2 heterocycles. The quantitative estimate of drug-likeness (QED) is 0.391. The van der Waals surface area contributed by atoms with Crippen LogP contribution in [0.1, 0.15) is 17.2 Å². The van der Waals surface area contributed by atoms with Crippen LogP contribution in [0.2, 0.25) is 0 Å². The molecule has 2 N–H and O–H groups in total. The lowest BCUT2D eigenvalue weighted by molar-refractivity contribution is -0.384. The average Bonchev–Trinajstić information content (AvgIpc) is 3.20. The Morgan fingerprint density at radius 1 is 1.11 bits per heavy atom. The molecule has 0 amide bonds. The van der Waals surface area contributed by atoms with Gasteiger partial charge in [-0.1, -0.05) is 30.3 Å². The molecule has 8 heteroatoms. The number of anilines is 1. The van der Waals surface area contributed by atoms with Crippen molar-refractivity contribution in [1.29, 1.82) is 0 Å². The van der Waals surface area contributed by atoms with Crippen molar-refractivity contribution in [1.82, 2.24) is 9.97 Å². The van der Waals surface area contributed by atoms with Crippen LogP contribution in [-0.2, 0) is 0 Å². The smallest absolute Gasteiger partial charge is 0.269 e. The maximum Gasteiger partial charge on any atom is 0.269 e. The highest BCUT2D eigenvalue weighted by molar-refractivity contribution is 7.13. The summed E-state index contributed by atoms with van der Waals surface area (Å²) in [6.07, 6.45) is 3.28. The molecule has 0 bridgehead atoms. The fourth-order valence-electron chi connectivity index (χ4n) is 2.96. The zero-order chi connectivity index (χ0) is 18.8. The molecule has 4 aromatic rings. The molecule has 27 heavy (non-hydrogen) atoms. The molecule has 1 atom stereocenters. The first kappa shape index (κ1) is 16.9. The zero-order valence-electron chi connectivity index (χ0n) is 13.9. The van der Waals surface area contributed by atoms with Crippen molar-refractivity contribution >= 4 is 33.1 Å². The van der Waals surface area contributed by atoms with E-state index in [4.69, 9.17) is 0 Å². The highest BCUT2D eigenvalue weighted by Gasteiger charge is 2.22. The van der Waals surface area contributed by atoms with Crippen molar-refractivity contribution < 1.29 is 10.0 Å². The number of benzene rings is 2. The molecule has 0 aliphatic rings. The summed E-state index contributed by atoms with van der Waals surface area (Å²) in [5.74, 6) is 0.0358. The van der Waals surface area contributed by atoms with E-state index in [1.165, 1.54) is 23.5 Å². The standard InChI is InChI=1S/C19H14N4O3S/c24-18-15(7-6-12-4-2-8-20-17(12)18)16(22-19-21-9-10-27-19)13-3-1-5-14(11-13)23(25)26/h1-11,16,24H,(H,21,22)/t16-/m0/s1. The average molecular weight is 378 g/mol. The van der Waals surface area contributed by atoms with E-state index in [9.17, 15) is 15.2 Å². The maximum atomic E-state index is 11.2. The number of nitrogens with zero attached hydrogens (tertiary/aromatic N) is 3. The first-order valence-electron chi connectivity index (χ1n) is 8.10. The van der Waals surface area contributed by atoms with E-state index in [1.54, 1.807) is 36.7 Å². The van der Waals surface area contributed by atoms with Crippen LogP contribution in [0.5, 0.6) is 5.75 Å². The fourth-order valence-corrected chi connectivity index (χ4v) is 3.51. The third-order valence-electron chi connectivity index (χ3n) is 4.20.